The molecule has 0 bridgehead atoms. The summed E-state index contributed by atoms with van der Waals surface area (Å²) in [7, 11) is 1.94. The highest BCUT2D eigenvalue weighted by Crippen LogP contribution is 2.29. The van der Waals surface area contributed by atoms with Crippen molar-refractivity contribution in [2.24, 2.45) is 12.9 Å². The lowest BCUT2D eigenvalue weighted by Gasteiger charge is -2.43. The van der Waals surface area contributed by atoms with E-state index in [0.29, 0.717) is 0 Å². The van der Waals surface area contributed by atoms with Crippen LogP contribution in [0.2, 0.25) is 0 Å². The molecular formula is C12H25N5. The molecule has 98 valence electrons. The molecule has 1 heterocycles. The van der Waals surface area contributed by atoms with Crippen molar-refractivity contribution in [1.82, 2.24) is 20.1 Å². The van der Waals surface area contributed by atoms with Gasteiger partial charge in [0.15, 0.2) is 0 Å². The summed E-state index contributed by atoms with van der Waals surface area (Å²) in [6.07, 6.45) is 1.80. The summed E-state index contributed by atoms with van der Waals surface area (Å²) < 4.78 is 1.87. The Morgan fingerprint density at radius 1 is 1.47 bits per heavy atom. The molecule has 1 atom stereocenters. The van der Waals surface area contributed by atoms with Gasteiger partial charge in [0.05, 0.1) is 11.7 Å². The Morgan fingerprint density at radius 2 is 2.06 bits per heavy atom. The largest absolute Gasteiger partial charge is 0.297 e. The van der Waals surface area contributed by atoms with E-state index in [1.807, 2.05) is 17.8 Å². The lowest BCUT2D eigenvalue weighted by Crippen LogP contribution is -2.54. The molecule has 0 fully saturated rings. The van der Waals surface area contributed by atoms with E-state index < -0.39 is 0 Å². The quantitative estimate of drug-likeness (QED) is 0.575. The number of aromatic nitrogens is 2. The maximum Gasteiger partial charge on any atom is 0.0806 e. The van der Waals surface area contributed by atoms with Gasteiger partial charge in [-0.25, -0.2) is 5.43 Å². The predicted octanol–water partition coefficient (Wildman–Crippen LogP) is 1.04. The fourth-order valence-corrected chi connectivity index (χ4v) is 2.54. The average molecular weight is 239 g/mol. The van der Waals surface area contributed by atoms with Crippen LogP contribution in [0.15, 0.2) is 12.3 Å². The van der Waals surface area contributed by atoms with Gasteiger partial charge in [0.1, 0.15) is 0 Å². The molecule has 0 aromatic carbocycles. The van der Waals surface area contributed by atoms with E-state index in [1.165, 1.54) is 0 Å². The van der Waals surface area contributed by atoms with Gasteiger partial charge in [-0.2, -0.15) is 5.10 Å². The van der Waals surface area contributed by atoms with Crippen molar-refractivity contribution in [3.8, 4) is 0 Å². The second kappa shape index (κ2) is 5.62. The Balaban J connectivity index is 3.05. The second-order valence-electron chi connectivity index (χ2n) is 4.81. The van der Waals surface area contributed by atoms with Gasteiger partial charge in [0.25, 0.3) is 0 Å². The van der Waals surface area contributed by atoms with Gasteiger partial charge in [-0.3, -0.25) is 15.4 Å². The van der Waals surface area contributed by atoms with Crippen molar-refractivity contribution in [3.63, 3.8) is 0 Å². The molecular weight excluding hydrogens is 214 g/mol. The molecule has 5 nitrogen and oxygen atoms in total. The smallest absolute Gasteiger partial charge is 0.0806 e. The van der Waals surface area contributed by atoms with E-state index in [9.17, 15) is 0 Å². The first-order valence-electron chi connectivity index (χ1n) is 6.18. The van der Waals surface area contributed by atoms with Crippen LogP contribution in [0.4, 0.5) is 0 Å². The normalized spacial score (nSPS) is 14.3. The van der Waals surface area contributed by atoms with Gasteiger partial charge in [0.2, 0.25) is 0 Å². The van der Waals surface area contributed by atoms with Crippen molar-refractivity contribution < 1.29 is 0 Å². The SMILES string of the molecule is CCN(CC)C(C)(C)C(NN)c1ccnn1C. The first kappa shape index (κ1) is 14.2. The summed E-state index contributed by atoms with van der Waals surface area (Å²) >= 11 is 0. The summed E-state index contributed by atoms with van der Waals surface area (Å²) in [5.41, 5.74) is 3.97. The van der Waals surface area contributed by atoms with Crippen molar-refractivity contribution in [2.45, 2.75) is 39.3 Å². The number of nitrogens with one attached hydrogen (secondary N) is 1. The van der Waals surface area contributed by atoms with Gasteiger partial charge in [-0.1, -0.05) is 13.8 Å². The Morgan fingerprint density at radius 3 is 2.41 bits per heavy atom. The van der Waals surface area contributed by atoms with Crippen LogP contribution < -0.4 is 11.3 Å². The van der Waals surface area contributed by atoms with Gasteiger partial charge in [-0.05, 0) is 33.0 Å². The summed E-state index contributed by atoms with van der Waals surface area (Å²) in [6.45, 7) is 10.7. The Kier molecular flexibility index (Phi) is 4.68. The molecule has 5 heteroatoms. The molecule has 0 radical (unpaired) electrons. The molecule has 17 heavy (non-hydrogen) atoms. The fourth-order valence-electron chi connectivity index (χ4n) is 2.54. The first-order chi connectivity index (χ1) is 7.98. The van der Waals surface area contributed by atoms with Gasteiger partial charge in [0, 0.05) is 18.8 Å². The lowest BCUT2D eigenvalue weighted by atomic mass is 9.90. The lowest BCUT2D eigenvalue weighted by molar-refractivity contribution is 0.0879. The Bertz CT molecular complexity index is 340. The zero-order chi connectivity index (χ0) is 13.1. The number of hydrogen-bond donors (Lipinski definition) is 2. The third-order valence-corrected chi connectivity index (χ3v) is 3.61. The van der Waals surface area contributed by atoms with E-state index in [0.717, 1.165) is 18.8 Å². The minimum atomic E-state index is -0.0634. The number of nitrogens with zero attached hydrogens (tertiary/aromatic N) is 3. The third-order valence-electron chi connectivity index (χ3n) is 3.61. The number of hydrazine groups is 1. The minimum Gasteiger partial charge on any atom is -0.297 e. The number of aryl methyl sites for hydroxylation is 1. The number of likely N-dealkylation sites (N-methyl/N-ethyl adjacent to an activating group) is 1. The molecule has 0 spiro atoms. The summed E-state index contributed by atoms with van der Waals surface area (Å²) in [5, 5.41) is 4.21. The molecule has 0 saturated carbocycles. The Labute approximate surface area is 104 Å². The third kappa shape index (κ3) is 2.68. The molecule has 1 aromatic rings. The molecule has 0 saturated heterocycles. The van der Waals surface area contributed by atoms with E-state index in [4.69, 9.17) is 5.84 Å². The number of rotatable bonds is 6. The number of hydrogen-bond acceptors (Lipinski definition) is 4. The molecule has 1 aromatic heterocycles. The monoisotopic (exact) mass is 239 g/mol. The minimum absolute atomic E-state index is 0.0508. The summed E-state index contributed by atoms with van der Waals surface area (Å²) in [4.78, 5) is 2.39. The van der Waals surface area contributed by atoms with Crippen LogP contribution in [-0.4, -0.2) is 33.3 Å². The van der Waals surface area contributed by atoms with Crippen LogP contribution in [0.25, 0.3) is 0 Å². The van der Waals surface area contributed by atoms with Crippen LogP contribution in [0.5, 0.6) is 0 Å². The summed E-state index contributed by atoms with van der Waals surface area (Å²) in [5.74, 6) is 5.75. The highest BCUT2D eigenvalue weighted by Gasteiger charge is 2.35. The number of nitrogens with two attached hydrogens (primary N) is 1. The maximum atomic E-state index is 5.75. The van der Waals surface area contributed by atoms with Crippen LogP contribution >= 0.6 is 0 Å². The van der Waals surface area contributed by atoms with Gasteiger partial charge in [-0.15, -0.1) is 0 Å². The van der Waals surface area contributed by atoms with Crippen molar-refractivity contribution in [2.75, 3.05) is 13.1 Å². The van der Waals surface area contributed by atoms with Crippen LogP contribution in [0, 0.1) is 0 Å². The topological polar surface area (TPSA) is 59.1 Å². The van der Waals surface area contributed by atoms with E-state index in [2.05, 4.69) is 43.1 Å². The maximum absolute atomic E-state index is 5.75. The average Bonchev–Trinajstić information content (AvgIpc) is 2.67. The molecule has 0 aliphatic carbocycles. The predicted molar refractivity (Wildman–Crippen MR) is 70.3 cm³/mol. The molecule has 1 unspecified atom stereocenters. The fraction of sp³-hybridized carbons (Fsp3) is 0.750. The molecule has 0 aliphatic heterocycles. The van der Waals surface area contributed by atoms with E-state index in [1.54, 1.807) is 6.20 Å². The highest BCUT2D eigenvalue weighted by molar-refractivity contribution is 5.13. The van der Waals surface area contributed by atoms with Crippen LogP contribution in [0.1, 0.15) is 39.4 Å². The standard InChI is InChI=1S/C12H25N5/c1-6-17(7-2)12(3,4)11(15-13)10-8-9-14-16(10)5/h8-9,11,15H,6-7,13H2,1-5H3. The van der Waals surface area contributed by atoms with Gasteiger partial charge < -0.3 is 0 Å². The van der Waals surface area contributed by atoms with E-state index >= 15 is 0 Å². The highest BCUT2D eigenvalue weighted by atomic mass is 15.3. The van der Waals surface area contributed by atoms with E-state index in [-0.39, 0.29) is 11.6 Å². The van der Waals surface area contributed by atoms with Gasteiger partial charge >= 0.3 is 0 Å². The Hall–Kier alpha value is -0.910. The first-order valence-corrected chi connectivity index (χ1v) is 6.18. The molecule has 3 N–H and O–H groups in total. The summed E-state index contributed by atoms with van der Waals surface area (Å²) in [6, 6.07) is 2.06. The zero-order valence-corrected chi connectivity index (χ0v) is 11.6. The van der Waals surface area contributed by atoms with Crippen LogP contribution in [0.3, 0.4) is 0 Å². The van der Waals surface area contributed by atoms with Crippen molar-refractivity contribution in [3.05, 3.63) is 18.0 Å². The molecule has 0 aliphatic rings. The second-order valence-corrected chi connectivity index (χ2v) is 4.81. The molecule has 1 rings (SSSR count). The molecule has 0 amide bonds. The van der Waals surface area contributed by atoms with Crippen molar-refractivity contribution >= 4 is 0 Å². The van der Waals surface area contributed by atoms with Crippen molar-refractivity contribution in [1.29, 1.82) is 0 Å². The van der Waals surface area contributed by atoms with Crippen LogP contribution in [-0.2, 0) is 7.05 Å². The zero-order valence-electron chi connectivity index (χ0n) is 11.6.